The smallest absolute Gasteiger partial charge is 0.266 e. The number of hydrogen-bond donors (Lipinski definition) is 0. The number of carbonyl (C=O) groups excluding carboxylic acids is 1. The number of halogens is 1. The van der Waals surface area contributed by atoms with Crippen molar-refractivity contribution in [2.45, 2.75) is 18.9 Å². The maximum absolute atomic E-state index is 13.1. The highest BCUT2D eigenvalue weighted by atomic mass is 32.1. The average molecular weight is 358 g/mol. The van der Waals surface area contributed by atoms with Crippen LogP contribution < -0.4 is 0 Å². The summed E-state index contributed by atoms with van der Waals surface area (Å²) in [4.78, 5) is 20.9. The molecule has 1 aromatic carbocycles. The quantitative estimate of drug-likeness (QED) is 0.661. The van der Waals surface area contributed by atoms with E-state index >= 15 is 0 Å². The third kappa shape index (κ3) is 2.87. The van der Waals surface area contributed by atoms with Gasteiger partial charge in [-0.1, -0.05) is 18.2 Å². The molecule has 1 unspecified atom stereocenters. The molecular weight excluding hydrogens is 343 g/mol. The normalized spacial score (nSPS) is 17.4. The summed E-state index contributed by atoms with van der Waals surface area (Å²) >= 11 is 3.05. The second-order valence-electron chi connectivity index (χ2n) is 5.72. The molecule has 1 saturated heterocycles. The minimum atomic E-state index is -0.252. The number of thiophene rings is 1. The molecule has 3 heterocycles. The van der Waals surface area contributed by atoms with Gasteiger partial charge in [0, 0.05) is 6.54 Å². The lowest BCUT2D eigenvalue weighted by molar-refractivity contribution is 0.0740. The van der Waals surface area contributed by atoms with Gasteiger partial charge in [-0.25, -0.2) is 9.37 Å². The van der Waals surface area contributed by atoms with Crippen molar-refractivity contribution in [3.05, 3.63) is 64.2 Å². The first kappa shape index (κ1) is 15.5. The van der Waals surface area contributed by atoms with Crippen LogP contribution in [0.2, 0.25) is 0 Å². The van der Waals surface area contributed by atoms with Crippen molar-refractivity contribution in [2.24, 2.45) is 0 Å². The molecule has 2 aromatic heterocycles. The lowest BCUT2D eigenvalue weighted by atomic mass is 10.0. The van der Waals surface area contributed by atoms with Crippen LogP contribution in [-0.4, -0.2) is 22.3 Å². The van der Waals surface area contributed by atoms with Crippen molar-refractivity contribution in [2.75, 3.05) is 6.54 Å². The maximum Gasteiger partial charge on any atom is 0.266 e. The SMILES string of the molecule is O=C(c1cnc(-c2cccs2)s1)N1CCCC1c1ccc(F)cc1. The van der Waals surface area contributed by atoms with Crippen molar-refractivity contribution in [1.82, 2.24) is 9.88 Å². The van der Waals surface area contributed by atoms with E-state index in [2.05, 4.69) is 4.98 Å². The molecule has 4 rings (SSSR count). The molecule has 24 heavy (non-hydrogen) atoms. The van der Waals surface area contributed by atoms with Gasteiger partial charge >= 0.3 is 0 Å². The van der Waals surface area contributed by atoms with Gasteiger partial charge in [0.2, 0.25) is 0 Å². The summed E-state index contributed by atoms with van der Waals surface area (Å²) in [6, 6.07) is 10.5. The molecule has 1 fully saturated rings. The maximum atomic E-state index is 13.1. The summed E-state index contributed by atoms with van der Waals surface area (Å²) in [5.41, 5.74) is 0.991. The van der Waals surface area contributed by atoms with Crippen LogP contribution in [0.5, 0.6) is 0 Å². The number of benzene rings is 1. The topological polar surface area (TPSA) is 33.2 Å². The Hall–Kier alpha value is -2.05. The van der Waals surface area contributed by atoms with E-state index in [9.17, 15) is 9.18 Å². The number of thiazole rings is 1. The standard InChI is InChI=1S/C18H15FN2OS2/c19-13-7-5-12(6-8-13)14-3-1-9-21(14)18(22)16-11-20-17(24-16)15-4-2-10-23-15/h2,4-8,10-11,14H,1,3,9H2. The van der Waals surface area contributed by atoms with Gasteiger partial charge in [0.15, 0.2) is 0 Å². The highest BCUT2D eigenvalue weighted by Crippen LogP contribution is 2.35. The molecule has 0 spiro atoms. The Morgan fingerprint density at radius 2 is 2.08 bits per heavy atom. The van der Waals surface area contributed by atoms with Crippen LogP contribution in [0.25, 0.3) is 9.88 Å². The van der Waals surface area contributed by atoms with Crippen LogP contribution >= 0.6 is 22.7 Å². The van der Waals surface area contributed by atoms with E-state index in [4.69, 9.17) is 0 Å². The first-order valence-corrected chi connectivity index (χ1v) is 9.48. The first-order chi connectivity index (χ1) is 11.7. The minimum absolute atomic E-state index is 0.0159. The van der Waals surface area contributed by atoms with E-state index < -0.39 is 0 Å². The number of amides is 1. The number of hydrogen-bond acceptors (Lipinski definition) is 4. The molecule has 3 aromatic rings. The zero-order valence-corrected chi connectivity index (χ0v) is 14.4. The molecule has 0 radical (unpaired) electrons. The van der Waals surface area contributed by atoms with Crippen LogP contribution in [0.1, 0.15) is 34.1 Å². The predicted octanol–water partition coefficient (Wildman–Crippen LogP) is 4.99. The van der Waals surface area contributed by atoms with E-state index in [1.165, 1.54) is 23.5 Å². The highest BCUT2D eigenvalue weighted by molar-refractivity contribution is 7.21. The Morgan fingerprint density at radius 1 is 1.25 bits per heavy atom. The number of aromatic nitrogens is 1. The lowest BCUT2D eigenvalue weighted by Gasteiger charge is -2.24. The van der Waals surface area contributed by atoms with Gasteiger partial charge in [0.25, 0.3) is 5.91 Å². The summed E-state index contributed by atoms with van der Waals surface area (Å²) in [5.74, 6) is -0.236. The Balaban J connectivity index is 1.58. The molecule has 1 amide bonds. The van der Waals surface area contributed by atoms with Crippen LogP contribution in [0.4, 0.5) is 4.39 Å². The molecular formula is C18H15FN2OS2. The molecule has 0 N–H and O–H groups in total. The van der Waals surface area contributed by atoms with Crippen molar-refractivity contribution >= 4 is 28.6 Å². The van der Waals surface area contributed by atoms with Crippen molar-refractivity contribution in [3.63, 3.8) is 0 Å². The predicted molar refractivity (Wildman–Crippen MR) is 94.8 cm³/mol. The van der Waals surface area contributed by atoms with Crippen LogP contribution in [-0.2, 0) is 0 Å². The summed E-state index contributed by atoms with van der Waals surface area (Å²) in [7, 11) is 0. The van der Waals surface area contributed by atoms with Gasteiger partial charge < -0.3 is 4.90 Å². The van der Waals surface area contributed by atoms with Crippen LogP contribution in [0.3, 0.4) is 0 Å². The van der Waals surface area contributed by atoms with Gasteiger partial charge in [-0.2, -0.15) is 0 Å². The monoisotopic (exact) mass is 358 g/mol. The van der Waals surface area contributed by atoms with Gasteiger partial charge in [-0.05, 0) is 42.0 Å². The first-order valence-electron chi connectivity index (χ1n) is 7.78. The molecule has 1 aliphatic heterocycles. The summed E-state index contributed by atoms with van der Waals surface area (Å²) in [5, 5.41) is 2.88. The summed E-state index contributed by atoms with van der Waals surface area (Å²) < 4.78 is 13.1. The Kier molecular flexibility index (Phi) is 4.16. The van der Waals surface area contributed by atoms with Crippen molar-refractivity contribution < 1.29 is 9.18 Å². The fourth-order valence-electron chi connectivity index (χ4n) is 3.07. The number of nitrogens with zero attached hydrogens (tertiary/aromatic N) is 2. The largest absolute Gasteiger partial charge is 0.331 e. The van der Waals surface area contributed by atoms with Gasteiger partial charge in [-0.3, -0.25) is 4.79 Å². The molecule has 0 aliphatic carbocycles. The van der Waals surface area contributed by atoms with Crippen molar-refractivity contribution in [1.29, 1.82) is 0 Å². The highest BCUT2D eigenvalue weighted by Gasteiger charge is 2.31. The van der Waals surface area contributed by atoms with E-state index in [0.29, 0.717) is 4.88 Å². The van der Waals surface area contributed by atoms with E-state index in [1.54, 1.807) is 29.7 Å². The average Bonchev–Trinajstić information content (AvgIpc) is 3.34. The Morgan fingerprint density at radius 3 is 2.83 bits per heavy atom. The molecule has 0 bridgehead atoms. The van der Waals surface area contributed by atoms with Gasteiger partial charge in [-0.15, -0.1) is 22.7 Å². The van der Waals surface area contributed by atoms with E-state index in [-0.39, 0.29) is 17.8 Å². The van der Waals surface area contributed by atoms with Crippen LogP contribution in [0.15, 0.2) is 48.0 Å². The molecule has 6 heteroatoms. The lowest BCUT2D eigenvalue weighted by Crippen LogP contribution is -2.29. The van der Waals surface area contributed by atoms with Gasteiger partial charge in [0.1, 0.15) is 15.7 Å². The third-order valence-electron chi connectivity index (χ3n) is 4.22. The number of rotatable bonds is 3. The summed E-state index contributed by atoms with van der Waals surface area (Å²) in [6.45, 7) is 0.729. The fourth-order valence-corrected chi connectivity index (χ4v) is 4.75. The van der Waals surface area contributed by atoms with E-state index in [1.807, 2.05) is 22.4 Å². The molecule has 3 nitrogen and oxygen atoms in total. The minimum Gasteiger partial charge on any atom is -0.331 e. The second-order valence-corrected chi connectivity index (χ2v) is 7.69. The van der Waals surface area contributed by atoms with Gasteiger partial charge in [0.05, 0.1) is 17.1 Å². The molecule has 1 aliphatic rings. The second kappa shape index (κ2) is 6.45. The van der Waals surface area contributed by atoms with E-state index in [0.717, 1.165) is 34.8 Å². The Bertz CT molecular complexity index is 842. The molecule has 0 saturated carbocycles. The zero-order chi connectivity index (χ0) is 16.5. The number of carbonyl (C=O) groups is 1. The van der Waals surface area contributed by atoms with Crippen molar-refractivity contribution in [3.8, 4) is 9.88 Å². The third-order valence-corrected chi connectivity index (χ3v) is 6.24. The Labute approximate surface area is 147 Å². The fraction of sp³-hybridized carbons (Fsp3) is 0.222. The molecule has 1 atom stereocenters. The molecule has 122 valence electrons. The number of likely N-dealkylation sites (tertiary alicyclic amines) is 1. The summed E-state index contributed by atoms with van der Waals surface area (Å²) in [6.07, 6.45) is 3.54. The van der Waals surface area contributed by atoms with Crippen LogP contribution in [0, 0.1) is 5.82 Å². The zero-order valence-electron chi connectivity index (χ0n) is 12.8.